The van der Waals surface area contributed by atoms with E-state index in [0.29, 0.717) is 36.3 Å². The fraction of sp³-hybridized carbons (Fsp3) is 0.364. The van der Waals surface area contributed by atoms with Crippen LogP contribution in [0.1, 0.15) is 29.2 Å². The highest BCUT2D eigenvalue weighted by Crippen LogP contribution is 2.31. The van der Waals surface area contributed by atoms with E-state index in [1.807, 2.05) is 18.1 Å². The van der Waals surface area contributed by atoms with Gasteiger partial charge in [-0.15, -0.1) is 10.2 Å². The van der Waals surface area contributed by atoms with Crippen molar-refractivity contribution in [3.05, 3.63) is 59.2 Å². The molecule has 4 aromatic rings. The Hall–Kier alpha value is -3.96. The molecule has 34 heavy (non-hydrogen) atoms. The van der Waals surface area contributed by atoms with Crippen LogP contribution >= 0.6 is 0 Å². The van der Waals surface area contributed by atoms with Gasteiger partial charge in [0.2, 0.25) is 5.95 Å². The van der Waals surface area contributed by atoms with E-state index in [9.17, 15) is 8.78 Å². The summed E-state index contributed by atoms with van der Waals surface area (Å²) in [4.78, 5) is 10.7. The molecule has 1 atom stereocenters. The van der Waals surface area contributed by atoms with Crippen LogP contribution in [0.25, 0.3) is 11.5 Å². The molecular formula is C22H21F2N9O. The van der Waals surface area contributed by atoms with Crippen LogP contribution in [0.2, 0.25) is 0 Å². The lowest BCUT2D eigenvalue weighted by Crippen LogP contribution is -2.20. The van der Waals surface area contributed by atoms with Crippen molar-refractivity contribution in [1.29, 1.82) is 0 Å². The van der Waals surface area contributed by atoms with Gasteiger partial charge in [-0.1, -0.05) is 10.3 Å². The Morgan fingerprint density at radius 2 is 1.76 bits per heavy atom. The van der Waals surface area contributed by atoms with Crippen molar-refractivity contribution in [3.63, 3.8) is 0 Å². The monoisotopic (exact) mass is 465 g/mol. The van der Waals surface area contributed by atoms with Gasteiger partial charge in [0.05, 0.1) is 11.3 Å². The van der Waals surface area contributed by atoms with Crippen LogP contribution in [-0.2, 0) is 19.9 Å². The molecule has 1 aromatic carbocycles. The molecule has 0 saturated carbocycles. The average molecular weight is 465 g/mol. The molecule has 10 nitrogen and oxygen atoms in total. The Bertz CT molecular complexity index is 1310. The summed E-state index contributed by atoms with van der Waals surface area (Å²) in [6, 6.07) is 2.94. The highest BCUT2D eigenvalue weighted by molar-refractivity contribution is 5.52. The van der Waals surface area contributed by atoms with Crippen LogP contribution in [-0.4, -0.2) is 54.3 Å². The number of hydrogen-bond acceptors (Lipinski definition) is 9. The number of hydrogen-bond donors (Lipinski definition) is 1. The molecule has 174 valence electrons. The lowest BCUT2D eigenvalue weighted by Gasteiger charge is -2.12. The third-order valence-electron chi connectivity index (χ3n) is 6.32. The molecule has 0 bridgehead atoms. The number of fused-ring (bicyclic) bond motifs is 1. The molecule has 1 fully saturated rings. The minimum atomic E-state index is -0.822. The van der Waals surface area contributed by atoms with E-state index in [2.05, 4.69) is 35.8 Å². The number of halogens is 2. The Morgan fingerprint density at radius 3 is 2.44 bits per heavy atom. The Morgan fingerprint density at radius 1 is 1.03 bits per heavy atom. The topological polar surface area (TPSA) is 111 Å². The van der Waals surface area contributed by atoms with E-state index in [0.717, 1.165) is 36.3 Å². The first-order valence-corrected chi connectivity index (χ1v) is 11.0. The van der Waals surface area contributed by atoms with E-state index in [4.69, 9.17) is 4.42 Å². The smallest absolute Gasteiger partial charge is 0.318 e. The molecule has 1 N–H and O–H groups in total. The standard InChI is InChI=1S/C22H21F2N9O/c1-32-11-19(28-31-32)12-2-3-33(10-12)22-30-29-20(34-22)15-8-25-21(26-9-15)27-16-4-13-6-17(23)18(24)7-14(13)5-16/h6-9,11-12,16H,2-5,10H2,1H3,(H,25,26,27). The van der Waals surface area contributed by atoms with Crippen LogP contribution in [0.5, 0.6) is 0 Å². The van der Waals surface area contributed by atoms with Crippen molar-refractivity contribution >= 4 is 12.0 Å². The number of anilines is 2. The van der Waals surface area contributed by atoms with Crippen molar-refractivity contribution in [1.82, 2.24) is 35.2 Å². The van der Waals surface area contributed by atoms with Gasteiger partial charge in [0, 0.05) is 50.7 Å². The summed E-state index contributed by atoms with van der Waals surface area (Å²) in [7, 11) is 1.85. The molecule has 12 heteroatoms. The Labute approximate surface area is 193 Å². The summed E-state index contributed by atoms with van der Waals surface area (Å²) in [5, 5.41) is 19.8. The molecule has 0 radical (unpaired) electrons. The maximum atomic E-state index is 13.5. The largest absolute Gasteiger partial charge is 0.403 e. The first-order chi connectivity index (χ1) is 16.5. The zero-order valence-electron chi connectivity index (χ0n) is 18.3. The molecule has 0 amide bonds. The molecule has 4 heterocycles. The molecule has 0 spiro atoms. The van der Waals surface area contributed by atoms with E-state index in [1.165, 1.54) is 12.1 Å². The van der Waals surface area contributed by atoms with Crippen LogP contribution in [0.15, 0.2) is 35.1 Å². The lowest BCUT2D eigenvalue weighted by atomic mass is 10.1. The third kappa shape index (κ3) is 3.84. The van der Waals surface area contributed by atoms with E-state index >= 15 is 0 Å². The van der Waals surface area contributed by atoms with Gasteiger partial charge in [0.1, 0.15) is 0 Å². The third-order valence-corrected chi connectivity index (χ3v) is 6.32. The van der Waals surface area contributed by atoms with Crippen LogP contribution in [0, 0.1) is 11.6 Å². The first kappa shape index (κ1) is 20.6. The average Bonchev–Trinajstić information content (AvgIpc) is 3.61. The Kier molecular flexibility index (Phi) is 4.93. The second-order valence-electron chi connectivity index (χ2n) is 8.72. The minimum absolute atomic E-state index is 0.0329. The normalized spacial score (nSPS) is 18.0. The molecule has 1 aliphatic heterocycles. The van der Waals surface area contributed by atoms with E-state index < -0.39 is 11.6 Å². The first-order valence-electron chi connectivity index (χ1n) is 11.0. The second kappa shape index (κ2) is 8.12. The van der Waals surface area contributed by atoms with Gasteiger partial charge in [0.25, 0.3) is 5.89 Å². The zero-order valence-corrected chi connectivity index (χ0v) is 18.3. The van der Waals surface area contributed by atoms with Crippen LogP contribution in [0.3, 0.4) is 0 Å². The van der Waals surface area contributed by atoms with Crippen molar-refractivity contribution in [2.45, 2.75) is 31.2 Å². The molecular weight excluding hydrogens is 444 g/mol. The van der Waals surface area contributed by atoms with Crippen molar-refractivity contribution < 1.29 is 13.2 Å². The van der Waals surface area contributed by atoms with Gasteiger partial charge < -0.3 is 14.6 Å². The van der Waals surface area contributed by atoms with Gasteiger partial charge in [-0.25, -0.2) is 18.7 Å². The van der Waals surface area contributed by atoms with Crippen molar-refractivity contribution in [2.24, 2.45) is 7.05 Å². The zero-order chi connectivity index (χ0) is 23.2. The lowest BCUT2D eigenvalue weighted by molar-refractivity contribution is 0.507. The SMILES string of the molecule is Cn1cc(C2CCN(c3nnc(-c4cnc(NC5Cc6cc(F)c(F)cc6C5)nc4)o3)C2)nn1. The fourth-order valence-corrected chi connectivity index (χ4v) is 4.60. The fourth-order valence-electron chi connectivity index (χ4n) is 4.60. The molecule has 3 aromatic heterocycles. The number of aromatic nitrogens is 7. The van der Waals surface area contributed by atoms with Gasteiger partial charge in [0.15, 0.2) is 11.6 Å². The Balaban J connectivity index is 1.09. The van der Waals surface area contributed by atoms with Gasteiger partial charge in [-0.05, 0) is 42.5 Å². The summed E-state index contributed by atoms with van der Waals surface area (Å²) < 4.78 is 34.5. The molecule has 6 rings (SSSR count). The predicted molar refractivity (Wildman–Crippen MR) is 117 cm³/mol. The van der Waals surface area contributed by atoms with Gasteiger partial charge in [-0.2, -0.15) is 0 Å². The van der Waals surface area contributed by atoms with Crippen LogP contribution < -0.4 is 10.2 Å². The van der Waals surface area contributed by atoms with Gasteiger partial charge >= 0.3 is 6.01 Å². The van der Waals surface area contributed by atoms with E-state index in [-0.39, 0.29) is 12.0 Å². The highest BCUT2D eigenvalue weighted by Gasteiger charge is 2.29. The summed E-state index contributed by atoms with van der Waals surface area (Å²) >= 11 is 0. The maximum Gasteiger partial charge on any atom is 0.318 e. The van der Waals surface area contributed by atoms with Crippen molar-refractivity contribution in [3.8, 4) is 11.5 Å². The number of rotatable bonds is 5. The highest BCUT2D eigenvalue weighted by atomic mass is 19.2. The number of nitrogens with zero attached hydrogens (tertiary/aromatic N) is 8. The summed E-state index contributed by atoms with van der Waals surface area (Å²) in [5.41, 5.74) is 3.17. The number of nitrogens with one attached hydrogen (secondary N) is 1. The summed E-state index contributed by atoms with van der Waals surface area (Å²) in [6.45, 7) is 1.52. The van der Waals surface area contributed by atoms with E-state index in [1.54, 1.807) is 17.1 Å². The summed E-state index contributed by atoms with van der Waals surface area (Å²) in [5.74, 6) is -0.612. The molecule has 2 aliphatic rings. The number of aryl methyl sites for hydroxylation is 1. The molecule has 1 saturated heterocycles. The predicted octanol–water partition coefficient (Wildman–Crippen LogP) is 2.51. The molecule has 1 unspecified atom stereocenters. The maximum absolute atomic E-state index is 13.5. The molecule has 1 aliphatic carbocycles. The van der Waals surface area contributed by atoms with Gasteiger partial charge in [-0.3, -0.25) is 4.68 Å². The quantitative estimate of drug-likeness (QED) is 0.475. The van der Waals surface area contributed by atoms with Crippen LogP contribution in [0.4, 0.5) is 20.7 Å². The minimum Gasteiger partial charge on any atom is -0.403 e. The number of benzene rings is 1. The van der Waals surface area contributed by atoms with Crippen molar-refractivity contribution in [2.75, 3.05) is 23.3 Å². The summed E-state index contributed by atoms with van der Waals surface area (Å²) in [6.07, 6.45) is 7.25. The second-order valence-corrected chi connectivity index (χ2v) is 8.72.